The number of hydrogen-bond donors (Lipinski definition) is 1. The van der Waals surface area contributed by atoms with Crippen molar-refractivity contribution in [1.29, 1.82) is 5.26 Å². The van der Waals surface area contributed by atoms with Gasteiger partial charge in [-0.3, -0.25) is 4.68 Å². The van der Waals surface area contributed by atoms with Crippen LogP contribution in [0, 0.1) is 30.6 Å². The highest BCUT2D eigenvalue weighted by Gasteiger charge is 2.70. The molecule has 9 nitrogen and oxygen atoms in total. The summed E-state index contributed by atoms with van der Waals surface area (Å²) in [5.74, 6) is 1.08. The Kier molecular flexibility index (Phi) is 2.84. The van der Waals surface area contributed by atoms with Crippen LogP contribution in [0.4, 0.5) is 11.6 Å². The molecular formula is C19H20N8O. The SMILES string of the molecule is Cc1nn2c3nc(ncc13)Nc1c(nn(C34CC(C#N)(C3)C4)c1C)OCCC2. The third kappa shape index (κ3) is 1.90. The zero-order chi connectivity index (χ0) is 19.1. The Morgan fingerprint density at radius 1 is 1.25 bits per heavy atom. The molecule has 0 amide bonds. The third-order valence-corrected chi connectivity index (χ3v) is 6.44. The summed E-state index contributed by atoms with van der Waals surface area (Å²) in [7, 11) is 0. The molecule has 3 fully saturated rings. The van der Waals surface area contributed by atoms with Gasteiger partial charge in [0.25, 0.3) is 5.88 Å². The number of nitriles is 1. The van der Waals surface area contributed by atoms with Crippen molar-refractivity contribution < 1.29 is 4.74 Å². The number of nitrogens with one attached hydrogen (secondary N) is 1. The van der Waals surface area contributed by atoms with Gasteiger partial charge in [-0.25, -0.2) is 9.67 Å². The first-order chi connectivity index (χ1) is 13.5. The molecule has 7 rings (SSSR count). The van der Waals surface area contributed by atoms with Gasteiger partial charge in [-0.15, -0.1) is 5.10 Å². The van der Waals surface area contributed by atoms with Crippen LogP contribution in [0.1, 0.15) is 37.1 Å². The maximum Gasteiger partial charge on any atom is 0.257 e. The van der Waals surface area contributed by atoms with Crippen LogP contribution in [-0.2, 0) is 12.1 Å². The van der Waals surface area contributed by atoms with E-state index >= 15 is 0 Å². The molecule has 9 heteroatoms. The molecule has 1 aliphatic heterocycles. The fraction of sp³-hybridized carbons (Fsp3) is 0.526. The largest absolute Gasteiger partial charge is 0.475 e. The van der Waals surface area contributed by atoms with E-state index in [4.69, 9.17) is 14.8 Å². The molecule has 3 saturated carbocycles. The van der Waals surface area contributed by atoms with Crippen LogP contribution in [0.15, 0.2) is 6.20 Å². The number of aryl methyl sites for hydroxylation is 2. The molecular weight excluding hydrogens is 356 g/mol. The molecule has 3 aliphatic carbocycles. The second-order valence-corrected chi connectivity index (χ2v) is 8.39. The van der Waals surface area contributed by atoms with Crippen LogP contribution in [0.5, 0.6) is 5.88 Å². The lowest BCUT2D eigenvalue weighted by atomic mass is 9.40. The Bertz CT molecular complexity index is 1160. The smallest absolute Gasteiger partial charge is 0.257 e. The van der Waals surface area contributed by atoms with Crippen molar-refractivity contribution in [2.45, 2.75) is 51.6 Å². The zero-order valence-electron chi connectivity index (χ0n) is 15.9. The lowest BCUT2D eigenvalue weighted by Gasteiger charge is -2.66. The van der Waals surface area contributed by atoms with E-state index in [1.807, 2.05) is 24.7 Å². The molecule has 0 unspecified atom stereocenters. The zero-order valence-corrected chi connectivity index (χ0v) is 15.9. The number of nitrogens with zero attached hydrogens (tertiary/aromatic N) is 7. The molecule has 3 aromatic heterocycles. The minimum atomic E-state index is -0.127. The lowest BCUT2D eigenvalue weighted by molar-refractivity contribution is -0.154. The Morgan fingerprint density at radius 3 is 2.86 bits per heavy atom. The molecule has 0 atom stereocenters. The van der Waals surface area contributed by atoms with Crippen LogP contribution < -0.4 is 10.1 Å². The summed E-state index contributed by atoms with van der Waals surface area (Å²) in [6.45, 7) is 5.28. The summed E-state index contributed by atoms with van der Waals surface area (Å²) in [6, 6.07) is 2.46. The first-order valence-corrected chi connectivity index (χ1v) is 9.64. The van der Waals surface area contributed by atoms with Gasteiger partial charge in [0.15, 0.2) is 5.65 Å². The molecule has 3 aromatic rings. The first kappa shape index (κ1) is 15.9. The highest BCUT2D eigenvalue weighted by atomic mass is 16.5. The Labute approximate surface area is 161 Å². The standard InChI is InChI=1S/C19H20N8O/c1-11-13-6-21-17-22-14-12(2)27(19-7-18(8-19,9-19)10-20)25-16(14)28-5-3-4-26(24-11)15(13)23-17/h6H,3-5,7-9H2,1-2H3,(H,21,22,23). The quantitative estimate of drug-likeness (QED) is 0.695. The maximum atomic E-state index is 9.34. The monoisotopic (exact) mass is 376 g/mol. The summed E-state index contributed by atoms with van der Waals surface area (Å²) >= 11 is 0. The summed E-state index contributed by atoms with van der Waals surface area (Å²) in [5, 5.41) is 23.0. The van der Waals surface area contributed by atoms with Crippen molar-refractivity contribution >= 4 is 22.7 Å². The number of aromatic nitrogens is 6. The molecule has 28 heavy (non-hydrogen) atoms. The Balaban J connectivity index is 1.43. The van der Waals surface area contributed by atoms with E-state index in [1.54, 1.807) is 0 Å². The predicted octanol–water partition coefficient (Wildman–Crippen LogP) is 2.57. The van der Waals surface area contributed by atoms with Gasteiger partial charge in [0.2, 0.25) is 5.95 Å². The molecule has 0 saturated heterocycles. The van der Waals surface area contributed by atoms with E-state index in [1.165, 1.54) is 0 Å². The maximum absolute atomic E-state index is 9.34. The molecule has 4 aliphatic rings. The summed E-state index contributed by atoms with van der Waals surface area (Å²) in [5.41, 5.74) is 3.40. The van der Waals surface area contributed by atoms with E-state index in [2.05, 4.69) is 26.2 Å². The number of ether oxygens (including phenoxy) is 1. The Hall–Kier alpha value is -3.15. The minimum Gasteiger partial charge on any atom is -0.475 e. The number of anilines is 2. The van der Waals surface area contributed by atoms with Crippen molar-refractivity contribution in [3.63, 3.8) is 0 Å². The highest BCUT2D eigenvalue weighted by molar-refractivity contribution is 5.79. The second kappa shape index (κ2) is 5.01. The van der Waals surface area contributed by atoms with Crippen molar-refractivity contribution in [2.24, 2.45) is 5.41 Å². The van der Waals surface area contributed by atoms with E-state index in [0.717, 1.165) is 60.3 Å². The third-order valence-electron chi connectivity index (χ3n) is 6.44. The van der Waals surface area contributed by atoms with E-state index in [0.29, 0.717) is 18.4 Å². The van der Waals surface area contributed by atoms with Gasteiger partial charge in [-0.1, -0.05) is 0 Å². The molecule has 0 aromatic carbocycles. The van der Waals surface area contributed by atoms with Crippen LogP contribution in [0.2, 0.25) is 0 Å². The topological polar surface area (TPSA) is 106 Å². The highest BCUT2D eigenvalue weighted by Crippen LogP contribution is 2.71. The van der Waals surface area contributed by atoms with Gasteiger partial charge < -0.3 is 10.1 Å². The summed E-state index contributed by atoms with van der Waals surface area (Å²) in [6.07, 6.45) is 5.25. The van der Waals surface area contributed by atoms with Gasteiger partial charge in [0, 0.05) is 19.2 Å². The molecule has 4 heterocycles. The number of hydrogen-bond acceptors (Lipinski definition) is 7. The van der Waals surface area contributed by atoms with Gasteiger partial charge >= 0.3 is 0 Å². The van der Waals surface area contributed by atoms with Crippen LogP contribution >= 0.6 is 0 Å². The van der Waals surface area contributed by atoms with Crippen LogP contribution in [-0.4, -0.2) is 36.1 Å². The van der Waals surface area contributed by atoms with Crippen molar-refractivity contribution in [2.75, 3.05) is 11.9 Å². The molecule has 0 radical (unpaired) electrons. The van der Waals surface area contributed by atoms with Crippen molar-refractivity contribution in [3.8, 4) is 11.9 Å². The van der Waals surface area contributed by atoms with Crippen LogP contribution in [0.3, 0.4) is 0 Å². The van der Waals surface area contributed by atoms with E-state index in [9.17, 15) is 5.26 Å². The lowest BCUT2D eigenvalue weighted by Crippen LogP contribution is -2.67. The van der Waals surface area contributed by atoms with Crippen molar-refractivity contribution in [3.05, 3.63) is 17.6 Å². The van der Waals surface area contributed by atoms with Crippen molar-refractivity contribution in [1.82, 2.24) is 29.5 Å². The fourth-order valence-electron chi connectivity index (χ4n) is 5.08. The average Bonchev–Trinajstić information content (AvgIpc) is 3.08. The summed E-state index contributed by atoms with van der Waals surface area (Å²) in [4.78, 5) is 9.18. The van der Waals surface area contributed by atoms with E-state index < -0.39 is 0 Å². The van der Waals surface area contributed by atoms with Gasteiger partial charge in [0.05, 0.1) is 40.4 Å². The molecule has 1 N–H and O–H groups in total. The second-order valence-electron chi connectivity index (χ2n) is 8.39. The summed E-state index contributed by atoms with van der Waals surface area (Å²) < 4.78 is 10.0. The minimum absolute atomic E-state index is 0.0323. The van der Waals surface area contributed by atoms with Gasteiger partial charge in [0.1, 0.15) is 5.69 Å². The molecule has 0 spiro atoms. The average molecular weight is 376 g/mol. The fourth-order valence-corrected chi connectivity index (χ4v) is 5.08. The van der Waals surface area contributed by atoms with Gasteiger partial charge in [-0.05, 0) is 33.1 Å². The normalized spacial score (nSPS) is 27.6. The Morgan fingerprint density at radius 2 is 2.07 bits per heavy atom. The predicted molar refractivity (Wildman–Crippen MR) is 100 cm³/mol. The van der Waals surface area contributed by atoms with Gasteiger partial charge in [-0.2, -0.15) is 15.3 Å². The first-order valence-electron chi connectivity index (χ1n) is 9.64. The van der Waals surface area contributed by atoms with E-state index in [-0.39, 0.29) is 11.0 Å². The molecule has 4 bridgehead atoms. The number of rotatable bonds is 1. The molecule has 142 valence electrons. The van der Waals surface area contributed by atoms with Crippen LogP contribution in [0.25, 0.3) is 11.0 Å². The number of fused-ring (bicyclic) bond motifs is 2.